The fourth-order valence-electron chi connectivity index (χ4n) is 6.94. The SMILES string of the molecule is C=Cc1ccc2c(c1)sc[n+]2Cc1ccccc1.Fc1c(F)c(F)c([B-](c2c(F)c(F)c(F)c(F)c2F)(c2c(F)c(F)c(F)c(F)c2F)c2c(F)c(F)c(F)c(F)c2F)c(F)c1F. The van der Waals surface area contributed by atoms with Crippen molar-refractivity contribution in [1.82, 2.24) is 0 Å². The van der Waals surface area contributed by atoms with Crippen LogP contribution in [0.2, 0.25) is 0 Å². The first kappa shape index (κ1) is 46.1. The number of nitrogens with zero attached hydrogens (tertiary/aromatic N) is 1. The van der Waals surface area contributed by atoms with Crippen LogP contribution in [0.1, 0.15) is 11.1 Å². The van der Waals surface area contributed by atoms with E-state index in [0.29, 0.717) is 0 Å². The lowest BCUT2D eigenvalue weighted by Gasteiger charge is -2.44. The largest absolute Gasteiger partial charge is 0.226 e. The van der Waals surface area contributed by atoms with Crippen LogP contribution >= 0.6 is 11.3 Å². The lowest BCUT2D eigenvalue weighted by molar-refractivity contribution is -0.658. The highest BCUT2D eigenvalue weighted by Crippen LogP contribution is 2.31. The topological polar surface area (TPSA) is 3.88 Å². The Balaban J connectivity index is 0.000000302. The fourth-order valence-corrected chi connectivity index (χ4v) is 7.88. The van der Waals surface area contributed by atoms with Crippen LogP contribution in [-0.2, 0) is 6.54 Å². The number of benzene rings is 6. The standard InChI is InChI=1S/C24BF20.C16H14NS/c26-5-1(6(27)14(35)21(42)13(5)34)25(2-7(28)15(36)22(43)16(37)8(2)29,3-9(30)17(38)23(44)18(39)10(3)31)4-11(32)19(40)24(45)20(41)12(4)33;1-2-13-8-9-15-16(10-13)18-12-17(15)11-14-6-4-3-5-7-14/h;2-10,12H,1,11H2/q-1;+1. The molecule has 0 aliphatic heterocycles. The lowest BCUT2D eigenvalue weighted by atomic mass is 9.12. The Bertz CT molecular complexity index is 2630. The van der Waals surface area contributed by atoms with Crippen LogP contribution in [0.4, 0.5) is 87.8 Å². The van der Waals surface area contributed by atoms with Crippen molar-refractivity contribution in [3.63, 3.8) is 0 Å². The minimum absolute atomic E-state index is 0.925. The maximum Gasteiger partial charge on any atom is 0.226 e. The summed E-state index contributed by atoms with van der Waals surface area (Å²) < 4.78 is 298. The molecule has 7 rings (SSSR count). The normalized spacial score (nSPS) is 11.6. The molecule has 63 heavy (non-hydrogen) atoms. The molecule has 0 fully saturated rings. The van der Waals surface area contributed by atoms with Gasteiger partial charge in [-0.2, -0.15) is 4.57 Å². The number of aromatic nitrogens is 1. The molecule has 0 bridgehead atoms. The van der Waals surface area contributed by atoms with Crippen LogP contribution in [-0.4, -0.2) is 6.15 Å². The predicted molar refractivity (Wildman–Crippen MR) is 187 cm³/mol. The van der Waals surface area contributed by atoms with E-state index in [4.69, 9.17) is 0 Å². The minimum Gasteiger partial charge on any atom is -0.207 e. The molecule has 0 aliphatic carbocycles. The summed E-state index contributed by atoms with van der Waals surface area (Å²) in [7, 11) is 0. The van der Waals surface area contributed by atoms with Crippen molar-refractivity contribution in [3.05, 3.63) is 188 Å². The van der Waals surface area contributed by atoms with Crippen molar-refractivity contribution in [2.45, 2.75) is 6.54 Å². The van der Waals surface area contributed by atoms with Crippen LogP contribution in [0.3, 0.4) is 0 Å². The number of rotatable bonds is 7. The van der Waals surface area contributed by atoms with Crippen molar-refractivity contribution in [2.75, 3.05) is 0 Å². The number of fused-ring (bicyclic) bond motifs is 1. The molecule has 0 saturated carbocycles. The third-order valence-electron chi connectivity index (χ3n) is 9.74. The van der Waals surface area contributed by atoms with E-state index in [1.807, 2.05) is 6.08 Å². The molecule has 0 atom stereocenters. The van der Waals surface area contributed by atoms with Crippen molar-refractivity contribution in [3.8, 4) is 0 Å². The Hall–Kier alpha value is -6.39. The molecule has 6 aromatic carbocycles. The summed E-state index contributed by atoms with van der Waals surface area (Å²) in [6.07, 6.45) is -5.33. The summed E-state index contributed by atoms with van der Waals surface area (Å²) >= 11 is 1.78. The maximum absolute atomic E-state index is 15.4. The fraction of sp³-hybridized carbons (Fsp3) is 0.0250. The van der Waals surface area contributed by atoms with Crippen LogP contribution in [0, 0.1) is 116 Å². The monoisotopic (exact) mass is 931 g/mol. The molecule has 0 amide bonds. The molecular weight excluding hydrogens is 917 g/mol. The highest BCUT2D eigenvalue weighted by atomic mass is 32.1. The highest BCUT2D eigenvalue weighted by Gasteiger charge is 2.52. The Labute approximate surface area is 342 Å². The Kier molecular flexibility index (Phi) is 12.5. The number of hydrogen-bond donors (Lipinski definition) is 0. The molecule has 0 spiro atoms. The first-order chi connectivity index (χ1) is 29.6. The molecule has 1 nitrogen and oxygen atoms in total. The van der Waals surface area contributed by atoms with E-state index in [9.17, 15) is 52.7 Å². The molecule has 0 aliphatic rings. The van der Waals surface area contributed by atoms with Gasteiger partial charge < -0.3 is 0 Å². The molecular formula is C40H14BF20NS. The highest BCUT2D eigenvalue weighted by molar-refractivity contribution is 7.20. The molecule has 1 heterocycles. The van der Waals surface area contributed by atoms with Crippen LogP contribution in [0.5, 0.6) is 0 Å². The van der Waals surface area contributed by atoms with Crippen LogP contribution in [0.25, 0.3) is 16.3 Å². The maximum atomic E-state index is 15.4. The van der Waals surface area contributed by atoms with E-state index in [1.54, 1.807) is 11.3 Å². The van der Waals surface area contributed by atoms with Gasteiger partial charge in [-0.3, -0.25) is 0 Å². The third kappa shape index (κ3) is 7.14. The number of thiazole rings is 1. The van der Waals surface area contributed by atoms with E-state index in [1.165, 1.54) is 21.3 Å². The van der Waals surface area contributed by atoms with Crippen molar-refractivity contribution in [1.29, 1.82) is 0 Å². The molecule has 0 unspecified atom stereocenters. The molecule has 0 N–H and O–H groups in total. The van der Waals surface area contributed by atoms with Gasteiger partial charge in [-0.25, -0.2) is 87.8 Å². The minimum atomic E-state index is -7.22. The zero-order valence-electron chi connectivity index (χ0n) is 30.2. The van der Waals surface area contributed by atoms with Gasteiger partial charge in [0.25, 0.3) is 0 Å². The van der Waals surface area contributed by atoms with Gasteiger partial charge in [-0.15, -0.1) is 21.9 Å². The van der Waals surface area contributed by atoms with E-state index < -0.39 is 144 Å². The second kappa shape index (κ2) is 17.1. The molecule has 0 saturated heterocycles. The molecule has 0 radical (unpaired) electrons. The number of hydrogen-bond acceptors (Lipinski definition) is 1. The van der Waals surface area contributed by atoms with Crippen molar-refractivity contribution >= 4 is 55.6 Å². The summed E-state index contributed by atoms with van der Waals surface area (Å²) in [4.78, 5) is 0. The average molecular weight is 931 g/mol. The molecule has 328 valence electrons. The van der Waals surface area contributed by atoms with Crippen LogP contribution in [0.15, 0.2) is 60.6 Å². The zero-order valence-corrected chi connectivity index (χ0v) is 31.0. The smallest absolute Gasteiger partial charge is 0.207 e. The second-order valence-corrected chi connectivity index (χ2v) is 14.0. The first-order valence-corrected chi connectivity index (χ1v) is 17.8. The number of halogens is 20. The quantitative estimate of drug-likeness (QED) is 0.0493. The summed E-state index contributed by atoms with van der Waals surface area (Å²) in [6.45, 7) is 4.73. The van der Waals surface area contributed by atoms with Gasteiger partial charge in [0.1, 0.15) is 57.4 Å². The summed E-state index contributed by atoms with van der Waals surface area (Å²) in [5, 5.41) is 0. The van der Waals surface area contributed by atoms with Crippen molar-refractivity contribution in [2.24, 2.45) is 0 Å². The van der Waals surface area contributed by atoms with Crippen LogP contribution < -0.4 is 26.4 Å². The second-order valence-electron chi connectivity index (χ2n) is 13.1. The van der Waals surface area contributed by atoms with Gasteiger partial charge in [0, 0.05) is 11.6 Å². The zero-order chi connectivity index (χ0) is 46.7. The van der Waals surface area contributed by atoms with E-state index in [-0.39, 0.29) is 0 Å². The van der Waals surface area contributed by atoms with Gasteiger partial charge >= 0.3 is 0 Å². The van der Waals surface area contributed by atoms with Gasteiger partial charge in [0.15, 0.2) is 76.4 Å². The summed E-state index contributed by atoms with van der Waals surface area (Å²) in [5.74, 6) is -71.4. The molecule has 23 heteroatoms. The Morgan fingerprint density at radius 1 is 0.413 bits per heavy atom. The molecule has 7 aromatic rings. The Morgan fingerprint density at radius 2 is 0.714 bits per heavy atom. The van der Waals surface area contributed by atoms with E-state index in [0.717, 1.165) is 6.54 Å². The third-order valence-corrected chi connectivity index (χ3v) is 10.7. The summed E-state index contributed by atoms with van der Waals surface area (Å²) in [5.41, 5.74) is -8.35. The average Bonchev–Trinajstić information content (AvgIpc) is 3.68. The Morgan fingerprint density at radius 3 is 1.02 bits per heavy atom. The van der Waals surface area contributed by atoms with Crippen molar-refractivity contribution < 1.29 is 92.4 Å². The summed E-state index contributed by atoms with van der Waals surface area (Å²) in [6, 6.07) is 17.0. The van der Waals surface area contributed by atoms with E-state index >= 15 is 35.1 Å². The van der Waals surface area contributed by atoms with Gasteiger partial charge in [-0.1, -0.05) is 54.3 Å². The van der Waals surface area contributed by atoms with Gasteiger partial charge in [0.05, 0.1) is 0 Å². The van der Waals surface area contributed by atoms with Gasteiger partial charge in [-0.05, 0) is 17.7 Å². The lowest BCUT2D eigenvalue weighted by Crippen LogP contribution is -2.81. The molecule has 1 aromatic heterocycles. The predicted octanol–water partition coefficient (Wildman–Crippen LogP) is 9.73. The van der Waals surface area contributed by atoms with E-state index in [2.05, 4.69) is 65.2 Å². The van der Waals surface area contributed by atoms with Gasteiger partial charge in [0.2, 0.25) is 11.0 Å². The first-order valence-electron chi connectivity index (χ1n) is 16.9.